The number of aliphatic carboxylic acids is 1. The number of likely N-dealkylation sites (tertiary alicyclic amines) is 1. The number of hydrogen-bond acceptors (Lipinski definition) is 2. The minimum atomic E-state index is -4.43. The third kappa shape index (κ3) is 3.90. The molecule has 0 spiro atoms. The summed E-state index contributed by atoms with van der Waals surface area (Å²) < 4.78 is 37.3. The molecule has 1 fully saturated rings. The van der Waals surface area contributed by atoms with Gasteiger partial charge in [0.2, 0.25) is 0 Å². The standard InChI is InChI=1S/C14H15F3N2O3/c15-14(16,17)10-3-5-11(6-4-10)18-13(22)19-7-1-2-9(8-19)12(20)21/h3-6,9H,1-2,7-8H2,(H,18,22)(H,20,21). The highest BCUT2D eigenvalue weighted by Gasteiger charge is 2.30. The lowest BCUT2D eigenvalue weighted by molar-refractivity contribution is -0.143. The molecule has 22 heavy (non-hydrogen) atoms. The van der Waals surface area contributed by atoms with Crippen LogP contribution < -0.4 is 5.32 Å². The molecular formula is C14H15F3N2O3. The fourth-order valence-corrected chi connectivity index (χ4v) is 2.31. The molecule has 0 saturated carbocycles. The maximum absolute atomic E-state index is 12.4. The number of urea groups is 1. The smallest absolute Gasteiger partial charge is 0.416 e. The number of carboxylic acids is 1. The first-order valence-electron chi connectivity index (χ1n) is 6.73. The van der Waals surface area contributed by atoms with Gasteiger partial charge < -0.3 is 15.3 Å². The topological polar surface area (TPSA) is 69.6 Å². The molecule has 1 aliphatic heterocycles. The lowest BCUT2D eigenvalue weighted by Crippen LogP contribution is -2.44. The molecule has 5 nitrogen and oxygen atoms in total. The fourth-order valence-electron chi connectivity index (χ4n) is 2.31. The second kappa shape index (κ2) is 6.25. The molecule has 0 aromatic heterocycles. The van der Waals surface area contributed by atoms with Gasteiger partial charge in [0.25, 0.3) is 0 Å². The molecule has 2 N–H and O–H groups in total. The number of amides is 2. The number of carboxylic acid groups (broad SMARTS) is 1. The quantitative estimate of drug-likeness (QED) is 0.881. The lowest BCUT2D eigenvalue weighted by Gasteiger charge is -2.30. The molecule has 1 aromatic rings. The zero-order valence-electron chi connectivity index (χ0n) is 11.6. The van der Waals surface area contributed by atoms with Crippen LogP contribution in [-0.2, 0) is 11.0 Å². The van der Waals surface area contributed by atoms with E-state index in [1.54, 1.807) is 0 Å². The second-order valence-corrected chi connectivity index (χ2v) is 5.13. The first-order chi connectivity index (χ1) is 10.3. The largest absolute Gasteiger partial charge is 0.481 e. The highest BCUT2D eigenvalue weighted by Crippen LogP contribution is 2.30. The zero-order valence-corrected chi connectivity index (χ0v) is 11.6. The molecule has 1 saturated heterocycles. The fraction of sp³-hybridized carbons (Fsp3) is 0.429. The molecule has 1 heterocycles. The van der Waals surface area contributed by atoms with E-state index in [9.17, 15) is 22.8 Å². The molecule has 0 radical (unpaired) electrons. The van der Waals surface area contributed by atoms with Crippen LogP contribution in [0.1, 0.15) is 18.4 Å². The van der Waals surface area contributed by atoms with Crippen molar-refractivity contribution in [3.63, 3.8) is 0 Å². The van der Waals surface area contributed by atoms with Crippen molar-refractivity contribution in [2.45, 2.75) is 19.0 Å². The van der Waals surface area contributed by atoms with Crippen molar-refractivity contribution in [1.29, 1.82) is 0 Å². The highest BCUT2D eigenvalue weighted by molar-refractivity contribution is 5.89. The van der Waals surface area contributed by atoms with Crippen molar-refractivity contribution in [2.24, 2.45) is 5.92 Å². The van der Waals surface area contributed by atoms with Crippen molar-refractivity contribution in [1.82, 2.24) is 4.90 Å². The van der Waals surface area contributed by atoms with Crippen molar-refractivity contribution in [3.05, 3.63) is 29.8 Å². The number of nitrogens with one attached hydrogen (secondary N) is 1. The van der Waals surface area contributed by atoms with E-state index in [1.165, 1.54) is 17.0 Å². The van der Waals surface area contributed by atoms with Crippen LogP contribution in [0, 0.1) is 5.92 Å². The number of benzene rings is 1. The normalized spacial score (nSPS) is 18.9. The molecule has 1 unspecified atom stereocenters. The van der Waals surface area contributed by atoms with Gasteiger partial charge in [0, 0.05) is 18.8 Å². The van der Waals surface area contributed by atoms with Crippen LogP contribution in [0.3, 0.4) is 0 Å². The molecule has 2 amide bonds. The minimum absolute atomic E-state index is 0.0990. The van der Waals surface area contributed by atoms with Crippen LogP contribution in [0.2, 0.25) is 0 Å². The zero-order chi connectivity index (χ0) is 16.3. The minimum Gasteiger partial charge on any atom is -0.481 e. The number of carbonyl (C=O) groups is 2. The molecular weight excluding hydrogens is 301 g/mol. The summed E-state index contributed by atoms with van der Waals surface area (Å²) in [5.74, 6) is -1.56. The second-order valence-electron chi connectivity index (χ2n) is 5.13. The molecule has 1 aromatic carbocycles. The van der Waals surface area contributed by atoms with Crippen LogP contribution in [0.25, 0.3) is 0 Å². The van der Waals surface area contributed by atoms with Gasteiger partial charge in [-0.1, -0.05) is 0 Å². The summed E-state index contributed by atoms with van der Waals surface area (Å²) >= 11 is 0. The van der Waals surface area contributed by atoms with Crippen molar-refractivity contribution in [3.8, 4) is 0 Å². The van der Waals surface area contributed by atoms with E-state index in [4.69, 9.17) is 5.11 Å². The Labute approximate surface area is 124 Å². The van der Waals surface area contributed by atoms with Crippen LogP contribution in [0.4, 0.5) is 23.7 Å². The third-order valence-corrected chi connectivity index (χ3v) is 3.52. The predicted molar refractivity (Wildman–Crippen MR) is 72.4 cm³/mol. The number of carbonyl (C=O) groups excluding carboxylic acids is 1. The number of anilines is 1. The van der Waals surface area contributed by atoms with Gasteiger partial charge in [-0.05, 0) is 37.1 Å². The summed E-state index contributed by atoms with van der Waals surface area (Å²) in [6.45, 7) is 0.526. The monoisotopic (exact) mass is 316 g/mol. The van der Waals surface area contributed by atoms with Crippen LogP contribution in [-0.4, -0.2) is 35.1 Å². The van der Waals surface area contributed by atoms with Gasteiger partial charge in [0.05, 0.1) is 11.5 Å². The van der Waals surface area contributed by atoms with E-state index in [-0.39, 0.29) is 12.2 Å². The summed E-state index contributed by atoms with van der Waals surface area (Å²) in [4.78, 5) is 24.3. The van der Waals surface area contributed by atoms with Crippen molar-refractivity contribution < 1.29 is 27.9 Å². The number of rotatable bonds is 2. The number of hydrogen-bond donors (Lipinski definition) is 2. The average molecular weight is 316 g/mol. The average Bonchev–Trinajstić information content (AvgIpc) is 2.47. The molecule has 1 aliphatic rings. The van der Waals surface area contributed by atoms with E-state index in [2.05, 4.69) is 5.32 Å². The Balaban J connectivity index is 1.98. The van der Waals surface area contributed by atoms with E-state index >= 15 is 0 Å². The Kier molecular flexibility index (Phi) is 4.58. The van der Waals surface area contributed by atoms with Gasteiger partial charge in [-0.25, -0.2) is 4.79 Å². The van der Waals surface area contributed by atoms with E-state index < -0.39 is 29.7 Å². The van der Waals surface area contributed by atoms with E-state index in [0.717, 1.165) is 12.1 Å². The first kappa shape index (κ1) is 16.1. The SMILES string of the molecule is O=C(O)C1CCCN(C(=O)Nc2ccc(C(F)(F)F)cc2)C1. The molecule has 120 valence electrons. The van der Waals surface area contributed by atoms with Gasteiger partial charge in [0.1, 0.15) is 0 Å². The third-order valence-electron chi connectivity index (χ3n) is 3.52. The number of nitrogens with zero attached hydrogens (tertiary/aromatic N) is 1. The van der Waals surface area contributed by atoms with Gasteiger partial charge in [-0.3, -0.25) is 4.79 Å². The summed E-state index contributed by atoms with van der Waals surface area (Å²) in [7, 11) is 0. The van der Waals surface area contributed by atoms with Crippen molar-refractivity contribution >= 4 is 17.7 Å². The molecule has 1 atom stereocenters. The van der Waals surface area contributed by atoms with Gasteiger partial charge >= 0.3 is 18.2 Å². The first-order valence-corrected chi connectivity index (χ1v) is 6.73. The summed E-state index contributed by atoms with van der Waals surface area (Å²) in [5.41, 5.74) is -0.565. The molecule has 0 aliphatic carbocycles. The van der Waals surface area contributed by atoms with Gasteiger partial charge in [0.15, 0.2) is 0 Å². The summed E-state index contributed by atoms with van der Waals surface area (Å²) in [5, 5.41) is 11.4. The predicted octanol–water partition coefficient (Wildman–Crippen LogP) is 3.03. The summed E-state index contributed by atoms with van der Waals surface area (Å²) in [6.07, 6.45) is -3.33. The van der Waals surface area contributed by atoms with E-state index in [1.807, 2.05) is 0 Å². The Morgan fingerprint density at radius 2 is 1.86 bits per heavy atom. The Hall–Kier alpha value is -2.25. The highest BCUT2D eigenvalue weighted by atomic mass is 19.4. The number of alkyl halides is 3. The van der Waals surface area contributed by atoms with E-state index in [0.29, 0.717) is 19.4 Å². The Morgan fingerprint density at radius 1 is 1.23 bits per heavy atom. The molecule has 8 heteroatoms. The van der Waals surface area contributed by atoms with Crippen LogP contribution in [0.15, 0.2) is 24.3 Å². The van der Waals surface area contributed by atoms with Gasteiger partial charge in [-0.15, -0.1) is 0 Å². The maximum Gasteiger partial charge on any atom is 0.416 e. The van der Waals surface area contributed by atoms with Crippen LogP contribution in [0.5, 0.6) is 0 Å². The van der Waals surface area contributed by atoms with Crippen molar-refractivity contribution in [2.75, 3.05) is 18.4 Å². The van der Waals surface area contributed by atoms with Crippen LogP contribution >= 0.6 is 0 Å². The Morgan fingerprint density at radius 3 is 2.41 bits per heavy atom. The molecule has 0 bridgehead atoms. The van der Waals surface area contributed by atoms with Gasteiger partial charge in [-0.2, -0.15) is 13.2 Å². The lowest BCUT2D eigenvalue weighted by atomic mass is 9.99. The molecule has 2 rings (SSSR count). The number of piperidine rings is 1. The summed E-state index contributed by atoms with van der Waals surface area (Å²) in [6, 6.07) is 3.59. The maximum atomic E-state index is 12.4. The Bertz CT molecular complexity index is 557. The number of halogens is 3.